The largest absolute Gasteiger partial charge is 0.390 e. The molecule has 2 unspecified atom stereocenters. The van der Waals surface area contributed by atoms with Crippen LogP contribution in [0.5, 0.6) is 0 Å². The van der Waals surface area contributed by atoms with E-state index in [1.165, 1.54) is 19.5 Å². The lowest BCUT2D eigenvalue weighted by Gasteiger charge is -2.35. The lowest BCUT2D eigenvalue weighted by atomic mass is 9.94. The van der Waals surface area contributed by atoms with Gasteiger partial charge in [0.25, 0.3) is 0 Å². The summed E-state index contributed by atoms with van der Waals surface area (Å²) >= 11 is 0. The van der Waals surface area contributed by atoms with Gasteiger partial charge in [-0.1, -0.05) is 6.92 Å². The first-order valence-electron chi connectivity index (χ1n) is 6.03. The summed E-state index contributed by atoms with van der Waals surface area (Å²) in [5.41, 5.74) is -0.540. The van der Waals surface area contributed by atoms with Gasteiger partial charge in [0.2, 0.25) is 0 Å². The van der Waals surface area contributed by atoms with Crippen molar-refractivity contribution in [2.24, 2.45) is 5.92 Å². The minimum atomic E-state index is -0.540. The Balaban J connectivity index is 2.21. The number of hydrogen-bond acceptors (Lipinski definition) is 3. The Morgan fingerprint density at radius 1 is 1.47 bits per heavy atom. The zero-order chi connectivity index (χ0) is 11.5. The molecule has 15 heavy (non-hydrogen) atoms. The van der Waals surface area contributed by atoms with Gasteiger partial charge in [-0.2, -0.15) is 0 Å². The fourth-order valence-corrected chi connectivity index (χ4v) is 2.22. The monoisotopic (exact) mass is 214 g/mol. The smallest absolute Gasteiger partial charge is 0.0603 e. The second-order valence-corrected chi connectivity index (χ2v) is 5.65. The fourth-order valence-electron chi connectivity index (χ4n) is 2.22. The van der Waals surface area contributed by atoms with Crippen LogP contribution in [0.25, 0.3) is 0 Å². The number of nitrogens with one attached hydrogen (secondary N) is 1. The van der Waals surface area contributed by atoms with E-state index >= 15 is 0 Å². The highest BCUT2D eigenvalue weighted by Gasteiger charge is 2.24. The van der Waals surface area contributed by atoms with Gasteiger partial charge < -0.3 is 15.3 Å². The molecule has 0 spiro atoms. The molecule has 0 radical (unpaired) electrons. The van der Waals surface area contributed by atoms with Gasteiger partial charge in [-0.05, 0) is 52.7 Å². The molecule has 0 bridgehead atoms. The molecule has 0 aliphatic carbocycles. The van der Waals surface area contributed by atoms with Crippen molar-refractivity contribution < 1.29 is 5.11 Å². The summed E-state index contributed by atoms with van der Waals surface area (Å²) in [6, 6.07) is 0.628. The molecule has 0 aromatic rings. The van der Waals surface area contributed by atoms with Gasteiger partial charge in [-0.15, -0.1) is 0 Å². The van der Waals surface area contributed by atoms with E-state index in [1.54, 1.807) is 0 Å². The maximum Gasteiger partial charge on any atom is 0.0603 e. The molecule has 3 nitrogen and oxygen atoms in total. The average Bonchev–Trinajstić information content (AvgIpc) is 2.07. The maximum absolute atomic E-state index is 9.61. The number of piperidine rings is 1. The molecule has 1 rings (SSSR count). The average molecular weight is 214 g/mol. The number of aliphatic hydroxyl groups is 1. The summed E-state index contributed by atoms with van der Waals surface area (Å²) in [4.78, 5) is 2.39. The van der Waals surface area contributed by atoms with Crippen LogP contribution in [-0.2, 0) is 0 Å². The van der Waals surface area contributed by atoms with Gasteiger partial charge in [0.15, 0.2) is 0 Å². The fraction of sp³-hybridized carbons (Fsp3) is 1.00. The van der Waals surface area contributed by atoms with Crippen molar-refractivity contribution in [3.63, 3.8) is 0 Å². The van der Waals surface area contributed by atoms with E-state index in [0.717, 1.165) is 13.0 Å². The van der Waals surface area contributed by atoms with Gasteiger partial charge in [-0.3, -0.25) is 0 Å². The first kappa shape index (κ1) is 12.9. The van der Waals surface area contributed by atoms with E-state index in [-0.39, 0.29) is 0 Å². The second kappa shape index (κ2) is 5.28. The molecule has 1 aliphatic rings. The number of nitrogens with zero attached hydrogens (tertiary/aromatic N) is 1. The summed E-state index contributed by atoms with van der Waals surface area (Å²) < 4.78 is 0. The van der Waals surface area contributed by atoms with Gasteiger partial charge in [0.1, 0.15) is 0 Å². The van der Waals surface area contributed by atoms with Crippen molar-refractivity contribution in [2.75, 3.05) is 26.7 Å². The molecule has 3 heteroatoms. The van der Waals surface area contributed by atoms with Crippen LogP contribution in [0.4, 0.5) is 0 Å². The van der Waals surface area contributed by atoms with Crippen molar-refractivity contribution in [3.8, 4) is 0 Å². The predicted octanol–water partition coefficient (Wildman–Crippen LogP) is 1.08. The van der Waals surface area contributed by atoms with Gasteiger partial charge >= 0.3 is 0 Å². The van der Waals surface area contributed by atoms with E-state index < -0.39 is 5.60 Å². The minimum absolute atomic E-state index is 0.540. The summed E-state index contributed by atoms with van der Waals surface area (Å²) in [6.07, 6.45) is 2.05. The third-order valence-corrected chi connectivity index (χ3v) is 3.25. The Hall–Kier alpha value is -0.120. The topological polar surface area (TPSA) is 35.5 Å². The minimum Gasteiger partial charge on any atom is -0.390 e. The lowest BCUT2D eigenvalue weighted by molar-refractivity contribution is 0.0678. The summed E-state index contributed by atoms with van der Waals surface area (Å²) in [5, 5.41) is 13.2. The molecule has 1 aliphatic heterocycles. The van der Waals surface area contributed by atoms with Crippen LogP contribution < -0.4 is 5.32 Å². The highest BCUT2D eigenvalue weighted by atomic mass is 16.3. The van der Waals surface area contributed by atoms with Gasteiger partial charge in [-0.25, -0.2) is 0 Å². The Labute approximate surface area is 93.9 Å². The molecule has 0 amide bonds. The van der Waals surface area contributed by atoms with Crippen molar-refractivity contribution in [1.29, 1.82) is 0 Å². The van der Waals surface area contributed by atoms with Crippen LogP contribution in [-0.4, -0.2) is 48.3 Å². The van der Waals surface area contributed by atoms with Crippen LogP contribution in [0.2, 0.25) is 0 Å². The standard InChI is InChI=1S/C12H26N2O/c1-10-9-14(4)8-5-11(10)13-7-6-12(2,3)15/h10-11,13,15H,5-9H2,1-4H3. The quantitative estimate of drug-likeness (QED) is 0.735. The summed E-state index contributed by atoms with van der Waals surface area (Å²) in [7, 11) is 2.18. The van der Waals surface area contributed by atoms with E-state index in [9.17, 15) is 5.11 Å². The molecule has 1 fully saturated rings. The van der Waals surface area contributed by atoms with Crippen molar-refractivity contribution in [1.82, 2.24) is 10.2 Å². The zero-order valence-electron chi connectivity index (χ0n) is 10.6. The third-order valence-electron chi connectivity index (χ3n) is 3.25. The second-order valence-electron chi connectivity index (χ2n) is 5.65. The molecule has 0 aromatic heterocycles. The number of likely N-dealkylation sites (tertiary alicyclic amines) is 1. The Morgan fingerprint density at radius 3 is 2.67 bits per heavy atom. The molecule has 2 N–H and O–H groups in total. The SMILES string of the molecule is CC1CN(C)CCC1NCCC(C)(C)O. The summed E-state index contributed by atoms with van der Waals surface area (Å²) in [6.45, 7) is 9.32. The molecular formula is C12H26N2O. The molecule has 1 heterocycles. The zero-order valence-corrected chi connectivity index (χ0v) is 10.6. The number of rotatable bonds is 4. The van der Waals surface area contributed by atoms with Gasteiger partial charge in [0, 0.05) is 12.6 Å². The molecule has 90 valence electrons. The van der Waals surface area contributed by atoms with Crippen LogP contribution in [0, 0.1) is 5.92 Å². The Morgan fingerprint density at radius 2 is 2.13 bits per heavy atom. The third kappa shape index (κ3) is 4.96. The van der Waals surface area contributed by atoms with E-state index in [1.807, 2.05) is 13.8 Å². The van der Waals surface area contributed by atoms with Crippen LogP contribution in [0.1, 0.15) is 33.6 Å². The first-order valence-corrected chi connectivity index (χ1v) is 6.03. The van der Waals surface area contributed by atoms with E-state index in [4.69, 9.17) is 0 Å². The van der Waals surface area contributed by atoms with Crippen molar-refractivity contribution in [2.45, 2.75) is 45.3 Å². The van der Waals surface area contributed by atoms with Crippen LogP contribution in [0.3, 0.4) is 0 Å². The molecular weight excluding hydrogens is 188 g/mol. The van der Waals surface area contributed by atoms with Crippen molar-refractivity contribution >= 4 is 0 Å². The maximum atomic E-state index is 9.61. The van der Waals surface area contributed by atoms with Gasteiger partial charge in [0.05, 0.1) is 5.60 Å². The van der Waals surface area contributed by atoms with Crippen LogP contribution >= 0.6 is 0 Å². The molecule has 0 aromatic carbocycles. The van der Waals surface area contributed by atoms with Crippen molar-refractivity contribution in [3.05, 3.63) is 0 Å². The molecule has 0 saturated carbocycles. The lowest BCUT2D eigenvalue weighted by Crippen LogP contribution is -2.47. The highest BCUT2D eigenvalue weighted by Crippen LogP contribution is 2.15. The predicted molar refractivity (Wildman–Crippen MR) is 64.0 cm³/mol. The number of hydrogen-bond donors (Lipinski definition) is 2. The summed E-state index contributed by atoms with van der Waals surface area (Å²) in [5.74, 6) is 0.713. The normalized spacial score (nSPS) is 29.4. The highest BCUT2D eigenvalue weighted by molar-refractivity contribution is 4.82. The van der Waals surface area contributed by atoms with E-state index in [2.05, 4.69) is 24.2 Å². The molecule has 2 atom stereocenters. The molecule has 1 saturated heterocycles. The Kier molecular flexibility index (Phi) is 4.56. The van der Waals surface area contributed by atoms with E-state index in [0.29, 0.717) is 12.0 Å². The first-order chi connectivity index (χ1) is 6.88. The Bertz CT molecular complexity index is 189. The van der Waals surface area contributed by atoms with Crippen LogP contribution in [0.15, 0.2) is 0 Å².